The second-order valence-corrected chi connectivity index (χ2v) is 14.1. The lowest BCUT2D eigenvalue weighted by molar-refractivity contribution is 1.08. The summed E-state index contributed by atoms with van der Waals surface area (Å²) in [5.41, 5.74) is 13.0. The molecule has 0 aliphatic rings. The molecule has 0 saturated heterocycles. The molecule has 0 aliphatic heterocycles. The molecule has 0 N–H and O–H groups in total. The van der Waals surface area contributed by atoms with E-state index in [0.29, 0.717) is 0 Å². The van der Waals surface area contributed by atoms with Gasteiger partial charge in [-0.05, 0) is 88.2 Å². The third kappa shape index (κ3) is 5.26. The summed E-state index contributed by atoms with van der Waals surface area (Å²) >= 11 is 0. The third-order valence-corrected chi connectivity index (χ3v) is 11.0. The van der Waals surface area contributed by atoms with Gasteiger partial charge in [0.15, 0.2) is 0 Å². The second kappa shape index (κ2) is 13.4. The molecule has 0 bridgehead atoms. The van der Waals surface area contributed by atoms with Crippen molar-refractivity contribution in [1.29, 1.82) is 0 Å². The molecule has 0 radical (unpaired) electrons. The zero-order chi connectivity index (χ0) is 36.9. The van der Waals surface area contributed by atoms with Gasteiger partial charge >= 0.3 is 0 Å². The first-order valence-electron chi connectivity index (χ1n) is 18.9. The van der Waals surface area contributed by atoms with Crippen LogP contribution in [0.1, 0.15) is 6.92 Å². The minimum atomic E-state index is 1.13. The summed E-state index contributed by atoms with van der Waals surface area (Å²) in [6.07, 6.45) is 6.33. The molecule has 0 amide bonds. The van der Waals surface area contributed by atoms with Crippen LogP contribution in [0, 0.1) is 0 Å². The van der Waals surface area contributed by atoms with Crippen molar-refractivity contribution in [2.75, 3.05) is 0 Å². The molecule has 0 saturated carbocycles. The first-order chi connectivity index (χ1) is 27.2. The Bertz CT molecular complexity index is 3150. The summed E-state index contributed by atoms with van der Waals surface area (Å²) in [5, 5.41) is 8.43. The molecule has 2 aromatic heterocycles. The summed E-state index contributed by atoms with van der Waals surface area (Å²) in [6.45, 7) is 6.31. The lowest BCUT2D eigenvalue weighted by atomic mass is 9.96. The summed E-state index contributed by atoms with van der Waals surface area (Å²) in [5.74, 6) is 0. The van der Waals surface area contributed by atoms with E-state index in [-0.39, 0.29) is 0 Å². The minimum absolute atomic E-state index is 1.13. The number of allylic oxidation sites excluding steroid dienone is 1. The highest BCUT2D eigenvalue weighted by Crippen LogP contribution is 2.41. The highest BCUT2D eigenvalue weighted by atomic mass is 15.0. The van der Waals surface area contributed by atoms with Crippen molar-refractivity contribution in [2.45, 2.75) is 6.92 Å². The molecule has 0 spiro atoms. The van der Waals surface area contributed by atoms with Crippen LogP contribution in [0.4, 0.5) is 0 Å². The smallest absolute Gasteiger partial charge is 0.0547 e. The SMILES string of the molecule is C=C/C=c1\c(=C/C)n(-c2cccc3ccccc23)c2cccc(-c3cccc4c3c3ccccc3n4-c3cc(-c4ccccc4)cc(-c4ccccc4)c3)c12. The molecule has 0 aliphatic carbocycles. The maximum absolute atomic E-state index is 4.18. The molecule has 260 valence electrons. The number of rotatable bonds is 6. The fourth-order valence-corrected chi connectivity index (χ4v) is 8.70. The van der Waals surface area contributed by atoms with Gasteiger partial charge in [0, 0.05) is 37.8 Å². The molecular weight excluding hydrogens is 665 g/mol. The maximum Gasteiger partial charge on any atom is 0.0547 e. The molecule has 2 nitrogen and oxygen atoms in total. The van der Waals surface area contributed by atoms with Gasteiger partial charge in [0.05, 0.1) is 22.2 Å². The van der Waals surface area contributed by atoms with E-state index in [4.69, 9.17) is 0 Å². The number of aromatic nitrogens is 2. The van der Waals surface area contributed by atoms with Gasteiger partial charge in [-0.15, -0.1) is 0 Å². The zero-order valence-corrected chi connectivity index (χ0v) is 30.7. The molecule has 2 heterocycles. The van der Waals surface area contributed by atoms with Gasteiger partial charge in [-0.3, -0.25) is 0 Å². The fraction of sp³-hybridized carbons (Fsp3) is 0.0189. The average Bonchev–Trinajstić information content (AvgIpc) is 3.76. The number of fused-ring (bicyclic) bond motifs is 5. The predicted molar refractivity (Wildman–Crippen MR) is 235 cm³/mol. The van der Waals surface area contributed by atoms with E-state index in [1.807, 2.05) is 6.08 Å². The number of hydrogen-bond acceptors (Lipinski definition) is 0. The van der Waals surface area contributed by atoms with E-state index in [9.17, 15) is 0 Å². The highest BCUT2D eigenvalue weighted by molar-refractivity contribution is 6.18. The van der Waals surface area contributed by atoms with Crippen LogP contribution < -0.4 is 10.6 Å². The lowest BCUT2D eigenvalue weighted by Crippen LogP contribution is -2.28. The van der Waals surface area contributed by atoms with Gasteiger partial charge in [-0.25, -0.2) is 0 Å². The van der Waals surface area contributed by atoms with Crippen LogP contribution in [0.5, 0.6) is 0 Å². The molecule has 0 fully saturated rings. The van der Waals surface area contributed by atoms with E-state index >= 15 is 0 Å². The van der Waals surface area contributed by atoms with Gasteiger partial charge in [0.25, 0.3) is 0 Å². The normalized spacial score (nSPS) is 12.4. The minimum Gasteiger partial charge on any atom is -0.309 e. The van der Waals surface area contributed by atoms with Crippen LogP contribution in [0.3, 0.4) is 0 Å². The Kier molecular flexibility index (Phi) is 7.89. The molecular formula is C53H38N2. The molecule has 8 aromatic carbocycles. The Balaban J connectivity index is 1.29. The summed E-state index contributed by atoms with van der Waals surface area (Å²) in [7, 11) is 0. The van der Waals surface area contributed by atoms with Crippen LogP contribution >= 0.6 is 0 Å². The van der Waals surface area contributed by atoms with Gasteiger partial charge in [0.2, 0.25) is 0 Å². The fourth-order valence-electron chi connectivity index (χ4n) is 8.70. The van der Waals surface area contributed by atoms with Crippen molar-refractivity contribution in [2.24, 2.45) is 0 Å². The first-order valence-corrected chi connectivity index (χ1v) is 18.9. The van der Waals surface area contributed by atoms with Gasteiger partial charge in [-0.2, -0.15) is 0 Å². The van der Waals surface area contributed by atoms with Crippen molar-refractivity contribution in [3.8, 4) is 44.8 Å². The Morgan fingerprint density at radius 2 is 1.00 bits per heavy atom. The number of para-hydroxylation sites is 1. The topological polar surface area (TPSA) is 9.86 Å². The quantitative estimate of drug-likeness (QED) is 0.163. The van der Waals surface area contributed by atoms with E-state index in [2.05, 4.69) is 217 Å². The highest BCUT2D eigenvalue weighted by Gasteiger charge is 2.21. The summed E-state index contributed by atoms with van der Waals surface area (Å²) < 4.78 is 4.89. The number of benzene rings is 8. The van der Waals surface area contributed by atoms with Gasteiger partial charge in [0.1, 0.15) is 0 Å². The van der Waals surface area contributed by atoms with Crippen molar-refractivity contribution in [3.63, 3.8) is 0 Å². The largest absolute Gasteiger partial charge is 0.309 e. The monoisotopic (exact) mass is 702 g/mol. The maximum atomic E-state index is 4.18. The second-order valence-electron chi connectivity index (χ2n) is 14.1. The summed E-state index contributed by atoms with van der Waals surface area (Å²) in [6, 6.07) is 66.1. The molecule has 2 heteroatoms. The molecule has 55 heavy (non-hydrogen) atoms. The Hall–Kier alpha value is -7.16. The van der Waals surface area contributed by atoms with Crippen LogP contribution in [0.15, 0.2) is 195 Å². The Morgan fingerprint density at radius 3 is 1.67 bits per heavy atom. The van der Waals surface area contributed by atoms with Crippen LogP contribution in [0.25, 0.3) is 100 Å². The molecule has 10 rings (SSSR count). The molecule has 0 atom stereocenters. The van der Waals surface area contributed by atoms with Gasteiger partial charge in [-0.1, -0.05) is 164 Å². The van der Waals surface area contributed by atoms with E-state index in [0.717, 1.165) is 11.0 Å². The van der Waals surface area contributed by atoms with Gasteiger partial charge < -0.3 is 9.13 Å². The standard InChI is InChI=1S/C53H38N2/c1-3-18-45-47(4-2)55(48-30-15-24-38-23-11-12-25-42(38)48)51-32-17-28-43(52(45)51)44-27-16-31-50-53(44)46-26-13-14-29-49(46)54(50)41-34-39(36-19-7-5-8-20-36)33-40(35-41)37-21-9-6-10-22-37/h3-35H,1H2,2H3/b45-18+,47-4+. The van der Waals surface area contributed by atoms with E-state index < -0.39 is 0 Å². The van der Waals surface area contributed by atoms with Crippen molar-refractivity contribution >= 4 is 55.6 Å². The Morgan fingerprint density at radius 1 is 0.455 bits per heavy atom. The molecule has 10 aromatic rings. The van der Waals surface area contributed by atoms with Crippen molar-refractivity contribution in [3.05, 3.63) is 205 Å². The van der Waals surface area contributed by atoms with E-state index in [1.54, 1.807) is 0 Å². The van der Waals surface area contributed by atoms with E-state index in [1.165, 1.54) is 87.8 Å². The first kappa shape index (κ1) is 32.5. The average molecular weight is 703 g/mol. The predicted octanol–water partition coefficient (Wildman–Crippen LogP) is 12.6. The number of hydrogen-bond donors (Lipinski definition) is 0. The third-order valence-electron chi connectivity index (χ3n) is 11.0. The number of nitrogens with zero attached hydrogens (tertiary/aromatic N) is 2. The molecule has 0 unspecified atom stereocenters. The van der Waals surface area contributed by atoms with Crippen LogP contribution in [0.2, 0.25) is 0 Å². The summed E-state index contributed by atoms with van der Waals surface area (Å²) in [4.78, 5) is 0. The zero-order valence-electron chi connectivity index (χ0n) is 30.7. The Labute approximate surface area is 320 Å². The van der Waals surface area contributed by atoms with Crippen LogP contribution in [-0.2, 0) is 0 Å². The van der Waals surface area contributed by atoms with Crippen LogP contribution in [-0.4, -0.2) is 9.13 Å². The van der Waals surface area contributed by atoms with Crippen molar-refractivity contribution in [1.82, 2.24) is 9.13 Å². The lowest BCUT2D eigenvalue weighted by Gasteiger charge is -2.14. The van der Waals surface area contributed by atoms with Crippen molar-refractivity contribution < 1.29 is 0 Å².